The van der Waals surface area contributed by atoms with E-state index in [0.29, 0.717) is 35.6 Å². The van der Waals surface area contributed by atoms with Crippen LogP contribution in [0.3, 0.4) is 0 Å². The number of ether oxygens (including phenoxy) is 2. The van der Waals surface area contributed by atoms with Gasteiger partial charge in [-0.25, -0.2) is 14.4 Å². The van der Waals surface area contributed by atoms with Crippen LogP contribution in [0.15, 0.2) is 42.6 Å². The van der Waals surface area contributed by atoms with Gasteiger partial charge in [0.15, 0.2) is 0 Å². The molecular formula is C27H28FN7O5. The predicted octanol–water partition coefficient (Wildman–Crippen LogP) is 2.08. The molecule has 0 spiro atoms. The Balaban J connectivity index is 1.55. The molecule has 1 amide bonds. The van der Waals surface area contributed by atoms with Crippen molar-refractivity contribution in [3.05, 3.63) is 53.7 Å². The van der Waals surface area contributed by atoms with Gasteiger partial charge in [0.1, 0.15) is 29.3 Å². The van der Waals surface area contributed by atoms with Crippen molar-refractivity contribution < 1.29 is 28.6 Å². The molecule has 208 valence electrons. The number of nitrogens with zero attached hydrogens (tertiary/aromatic N) is 5. The highest BCUT2D eigenvalue weighted by Gasteiger charge is 2.36. The van der Waals surface area contributed by atoms with Crippen molar-refractivity contribution in [3.63, 3.8) is 0 Å². The summed E-state index contributed by atoms with van der Waals surface area (Å²) in [6.45, 7) is 0.708. The van der Waals surface area contributed by atoms with Crippen molar-refractivity contribution in [2.45, 2.75) is 18.9 Å². The summed E-state index contributed by atoms with van der Waals surface area (Å²) >= 11 is 0. The number of methoxy groups -OCH3 is 1. The van der Waals surface area contributed by atoms with Crippen LogP contribution in [0.4, 0.5) is 16.2 Å². The number of amides is 1. The predicted molar refractivity (Wildman–Crippen MR) is 142 cm³/mol. The maximum absolute atomic E-state index is 13.3. The van der Waals surface area contributed by atoms with E-state index in [2.05, 4.69) is 31.7 Å². The summed E-state index contributed by atoms with van der Waals surface area (Å²) in [4.78, 5) is 38.9. The fourth-order valence-corrected chi connectivity index (χ4v) is 4.24. The smallest absolute Gasteiger partial charge is 0.258 e. The molecule has 1 aliphatic heterocycles. The Morgan fingerprint density at radius 3 is 2.75 bits per heavy atom. The number of piperidine rings is 1. The number of aromatic nitrogens is 3. The first-order valence-corrected chi connectivity index (χ1v) is 12.4. The molecule has 0 aliphatic carbocycles. The lowest BCUT2D eigenvalue weighted by Gasteiger charge is -2.31. The first kappa shape index (κ1) is 28.3. The molecule has 3 heterocycles. The van der Waals surface area contributed by atoms with Crippen molar-refractivity contribution in [1.82, 2.24) is 25.2 Å². The van der Waals surface area contributed by atoms with E-state index in [4.69, 9.17) is 14.6 Å². The third-order valence-electron chi connectivity index (χ3n) is 6.28. The summed E-state index contributed by atoms with van der Waals surface area (Å²) in [5.74, 6) is -1.14. The number of rotatable bonds is 9. The van der Waals surface area contributed by atoms with E-state index >= 15 is 0 Å². The van der Waals surface area contributed by atoms with Crippen LogP contribution in [0.2, 0.25) is 0 Å². The topological polar surface area (TPSA) is 163 Å². The van der Waals surface area contributed by atoms with Crippen LogP contribution < -0.4 is 20.1 Å². The molecule has 0 saturated carbocycles. The van der Waals surface area contributed by atoms with Crippen molar-refractivity contribution in [2.24, 2.45) is 5.92 Å². The molecule has 13 heteroatoms. The average Bonchev–Trinajstić information content (AvgIpc) is 2.96. The molecule has 1 saturated heterocycles. The maximum atomic E-state index is 13.3. The van der Waals surface area contributed by atoms with Gasteiger partial charge in [-0.1, -0.05) is 0 Å². The lowest BCUT2D eigenvalue weighted by atomic mass is 9.91. The van der Waals surface area contributed by atoms with E-state index in [0.717, 1.165) is 0 Å². The Morgan fingerprint density at radius 1 is 1.25 bits per heavy atom. The van der Waals surface area contributed by atoms with Crippen LogP contribution in [0.1, 0.15) is 22.3 Å². The van der Waals surface area contributed by atoms with Crippen LogP contribution in [0.5, 0.6) is 11.6 Å². The number of halogens is 1. The lowest BCUT2D eigenvalue weighted by molar-refractivity contribution is -0.143. The van der Waals surface area contributed by atoms with Crippen molar-refractivity contribution in [1.29, 1.82) is 5.26 Å². The van der Waals surface area contributed by atoms with Gasteiger partial charge in [0, 0.05) is 32.4 Å². The average molecular weight is 550 g/mol. The highest BCUT2D eigenvalue weighted by molar-refractivity contribution is 5.96. The molecule has 1 aromatic carbocycles. The van der Waals surface area contributed by atoms with E-state index < -0.39 is 24.2 Å². The number of anilines is 2. The highest BCUT2D eigenvalue weighted by Crippen LogP contribution is 2.29. The standard InChI is InChI=1S/C27H28FN7O5/c1-35(2)26(38)17-5-7-22(33-25(17)39-3)34-27-31-11-8-19(32-27)15-4-6-20(16(12-15)13-29)40-21-9-10-30-14-18(21)23(36)24(28)37/h4-8,11-12,18,21,24,30,37H,9-10,14H2,1-3H3,(H,31,32,33,34)/t18-,21+,24-/m1/s1. The number of pyridine rings is 1. The van der Waals surface area contributed by atoms with Gasteiger partial charge >= 0.3 is 0 Å². The van der Waals surface area contributed by atoms with Crippen LogP contribution in [-0.4, -0.2) is 83.4 Å². The van der Waals surface area contributed by atoms with Gasteiger partial charge in [0.2, 0.25) is 17.6 Å². The number of aliphatic hydroxyl groups excluding tert-OH is 1. The first-order valence-electron chi connectivity index (χ1n) is 12.4. The molecule has 3 N–H and O–H groups in total. The monoisotopic (exact) mass is 549 g/mol. The van der Waals surface area contributed by atoms with Gasteiger partial charge in [-0.2, -0.15) is 10.2 Å². The molecule has 1 aliphatic rings. The largest absolute Gasteiger partial charge is 0.488 e. The number of nitriles is 1. The van der Waals surface area contributed by atoms with E-state index in [-0.39, 0.29) is 35.6 Å². The van der Waals surface area contributed by atoms with Crippen LogP contribution in [-0.2, 0) is 4.79 Å². The second kappa shape index (κ2) is 12.5. The molecular weight excluding hydrogens is 521 g/mol. The zero-order valence-electron chi connectivity index (χ0n) is 22.1. The number of nitrogens with one attached hydrogen (secondary N) is 2. The van der Waals surface area contributed by atoms with E-state index in [9.17, 15) is 19.2 Å². The van der Waals surface area contributed by atoms with Crippen molar-refractivity contribution >= 4 is 23.5 Å². The third kappa shape index (κ3) is 6.31. The van der Waals surface area contributed by atoms with Crippen LogP contribution in [0.25, 0.3) is 11.3 Å². The Morgan fingerprint density at radius 2 is 2.05 bits per heavy atom. The number of aliphatic hydroxyl groups is 1. The van der Waals surface area contributed by atoms with Gasteiger partial charge in [0.25, 0.3) is 12.3 Å². The molecule has 40 heavy (non-hydrogen) atoms. The van der Waals surface area contributed by atoms with Crippen LogP contribution >= 0.6 is 0 Å². The summed E-state index contributed by atoms with van der Waals surface area (Å²) in [5, 5.41) is 24.9. The lowest BCUT2D eigenvalue weighted by Crippen LogP contribution is -2.48. The van der Waals surface area contributed by atoms with Gasteiger partial charge in [-0.05, 0) is 49.4 Å². The minimum atomic E-state index is -2.59. The number of hydrogen-bond donors (Lipinski definition) is 3. The van der Waals surface area contributed by atoms with Crippen molar-refractivity contribution in [3.8, 4) is 29.0 Å². The zero-order valence-corrected chi connectivity index (χ0v) is 22.1. The molecule has 3 aromatic rings. The van der Waals surface area contributed by atoms with E-state index in [1.807, 2.05) is 0 Å². The summed E-state index contributed by atoms with van der Waals surface area (Å²) in [7, 11) is 4.68. The number of hydrogen-bond acceptors (Lipinski definition) is 11. The molecule has 0 radical (unpaired) electrons. The van der Waals surface area contributed by atoms with E-state index in [1.165, 1.54) is 18.2 Å². The van der Waals surface area contributed by atoms with E-state index in [1.54, 1.807) is 50.5 Å². The first-order chi connectivity index (χ1) is 19.2. The number of ketones is 1. The number of carbonyl (C=O) groups excluding carboxylic acids is 2. The summed E-state index contributed by atoms with van der Waals surface area (Å²) in [6, 6.07) is 11.8. The molecule has 1 fully saturated rings. The summed E-state index contributed by atoms with van der Waals surface area (Å²) < 4.78 is 24.5. The van der Waals surface area contributed by atoms with Crippen LogP contribution in [0, 0.1) is 17.2 Å². The van der Waals surface area contributed by atoms with Gasteiger partial charge < -0.3 is 30.1 Å². The second-order valence-electron chi connectivity index (χ2n) is 9.16. The molecule has 12 nitrogen and oxygen atoms in total. The number of carbonyl (C=O) groups is 2. The maximum Gasteiger partial charge on any atom is 0.258 e. The Kier molecular flexibility index (Phi) is 8.83. The minimum absolute atomic E-state index is 0.146. The molecule has 3 atom stereocenters. The Hall–Kier alpha value is -4.67. The van der Waals surface area contributed by atoms with Gasteiger partial charge in [-0.15, -0.1) is 0 Å². The zero-order chi connectivity index (χ0) is 28.8. The molecule has 2 aromatic heterocycles. The minimum Gasteiger partial charge on any atom is -0.488 e. The van der Waals surface area contributed by atoms with Gasteiger partial charge in [0.05, 0.1) is 24.3 Å². The number of alkyl halides is 1. The molecule has 0 unspecified atom stereocenters. The normalized spacial score (nSPS) is 17.3. The Labute approximate surface area is 229 Å². The highest BCUT2D eigenvalue weighted by atomic mass is 19.1. The second-order valence-corrected chi connectivity index (χ2v) is 9.16. The Bertz CT molecular complexity index is 1440. The summed E-state index contributed by atoms with van der Waals surface area (Å²) in [6.07, 6.45) is -1.35. The molecule has 4 rings (SSSR count). The summed E-state index contributed by atoms with van der Waals surface area (Å²) in [5.41, 5.74) is 1.61. The fourth-order valence-electron chi connectivity index (χ4n) is 4.24. The third-order valence-corrected chi connectivity index (χ3v) is 6.28. The van der Waals surface area contributed by atoms with Crippen molar-refractivity contribution in [2.75, 3.05) is 39.6 Å². The number of benzene rings is 1. The van der Waals surface area contributed by atoms with Gasteiger partial charge in [-0.3, -0.25) is 9.59 Å². The fraction of sp³-hybridized carbons (Fsp3) is 0.333. The SMILES string of the molecule is COc1nc(Nc2nccc(-c3ccc(O[C@H]4CCNC[C@H]4C(=O)[C@@H](O)F)c(C#N)c3)n2)ccc1C(=O)N(C)C. The molecule has 0 bridgehead atoms. The number of Topliss-reactive ketones (excluding diaryl/α,β-unsaturated/α-hetero) is 1. The quantitative estimate of drug-likeness (QED) is 0.358.